The molecule has 0 aliphatic carbocycles. The first-order valence-corrected chi connectivity index (χ1v) is 4.69. The molecular formula is C8H9BrN4. The minimum Gasteiger partial charge on any atom is -0.360 e. The summed E-state index contributed by atoms with van der Waals surface area (Å²) in [6.07, 6.45) is 1.86. The second-order valence-corrected chi connectivity index (χ2v) is 3.43. The van der Waals surface area contributed by atoms with Gasteiger partial charge in [0.15, 0.2) is 0 Å². The lowest BCUT2D eigenvalue weighted by Gasteiger charge is -1.90. The van der Waals surface area contributed by atoms with Gasteiger partial charge in [-0.3, -0.25) is 0 Å². The van der Waals surface area contributed by atoms with Crippen LogP contribution in [0.25, 0.3) is 11.4 Å². The van der Waals surface area contributed by atoms with Crippen LogP contribution in [0.2, 0.25) is 0 Å². The highest BCUT2D eigenvalue weighted by Gasteiger charge is 2.09. The zero-order valence-corrected chi connectivity index (χ0v) is 8.43. The molecule has 0 aliphatic heterocycles. The van der Waals surface area contributed by atoms with Crippen LogP contribution in [0, 0.1) is 0 Å². The lowest BCUT2D eigenvalue weighted by atomic mass is 10.3. The van der Waals surface area contributed by atoms with Crippen molar-refractivity contribution in [1.29, 1.82) is 0 Å². The summed E-state index contributed by atoms with van der Waals surface area (Å²) in [7, 11) is 0. The molecule has 0 aliphatic rings. The van der Waals surface area contributed by atoms with E-state index in [1.807, 2.05) is 18.3 Å². The molecule has 0 bridgehead atoms. The molecule has 0 aromatic carbocycles. The molecule has 4 nitrogen and oxygen atoms in total. The summed E-state index contributed by atoms with van der Waals surface area (Å²) >= 11 is 3.39. The maximum atomic E-state index is 5.46. The Balaban J connectivity index is 2.46. The number of aromatic amines is 2. The summed E-state index contributed by atoms with van der Waals surface area (Å²) in [5, 5.41) is 0. The lowest BCUT2D eigenvalue weighted by Crippen LogP contribution is -1.97. The van der Waals surface area contributed by atoms with E-state index in [-0.39, 0.29) is 0 Å². The minimum atomic E-state index is 0.416. The van der Waals surface area contributed by atoms with Crippen molar-refractivity contribution in [3.63, 3.8) is 0 Å². The molecule has 0 fully saturated rings. The Morgan fingerprint density at radius 2 is 2.38 bits per heavy atom. The van der Waals surface area contributed by atoms with Crippen molar-refractivity contribution in [3.8, 4) is 11.4 Å². The zero-order chi connectivity index (χ0) is 9.26. The lowest BCUT2D eigenvalue weighted by molar-refractivity contribution is 0.947. The standard InChI is InChI=1S/C8H9BrN4/c9-8-7(5-2-1-3-11-5)12-6(4-10)13-8/h1-3,11H,4,10H2,(H,12,13). The maximum Gasteiger partial charge on any atom is 0.121 e. The van der Waals surface area contributed by atoms with Crippen molar-refractivity contribution in [1.82, 2.24) is 15.0 Å². The Morgan fingerprint density at radius 3 is 2.92 bits per heavy atom. The van der Waals surface area contributed by atoms with E-state index in [0.29, 0.717) is 6.54 Å². The minimum absolute atomic E-state index is 0.416. The van der Waals surface area contributed by atoms with E-state index in [1.165, 1.54) is 0 Å². The Morgan fingerprint density at radius 1 is 1.54 bits per heavy atom. The molecule has 0 spiro atoms. The fraction of sp³-hybridized carbons (Fsp3) is 0.125. The molecule has 0 radical (unpaired) electrons. The van der Waals surface area contributed by atoms with Gasteiger partial charge in [-0.25, -0.2) is 4.98 Å². The van der Waals surface area contributed by atoms with Gasteiger partial charge in [0.25, 0.3) is 0 Å². The van der Waals surface area contributed by atoms with Crippen molar-refractivity contribution in [2.75, 3.05) is 0 Å². The van der Waals surface area contributed by atoms with Crippen LogP contribution in [0.5, 0.6) is 0 Å². The normalized spacial score (nSPS) is 10.6. The van der Waals surface area contributed by atoms with Gasteiger partial charge >= 0.3 is 0 Å². The highest BCUT2D eigenvalue weighted by atomic mass is 79.9. The summed E-state index contributed by atoms with van der Waals surface area (Å²) in [4.78, 5) is 10.4. The summed E-state index contributed by atoms with van der Waals surface area (Å²) < 4.78 is 0.857. The summed E-state index contributed by atoms with van der Waals surface area (Å²) in [6.45, 7) is 0.416. The number of rotatable bonds is 2. The third-order valence-corrected chi connectivity index (χ3v) is 2.33. The van der Waals surface area contributed by atoms with Crippen molar-refractivity contribution in [2.45, 2.75) is 6.54 Å². The molecule has 2 rings (SSSR count). The van der Waals surface area contributed by atoms with Gasteiger partial charge in [0.2, 0.25) is 0 Å². The molecule has 4 N–H and O–H groups in total. The van der Waals surface area contributed by atoms with E-state index >= 15 is 0 Å². The van der Waals surface area contributed by atoms with E-state index < -0.39 is 0 Å². The van der Waals surface area contributed by atoms with Crippen molar-refractivity contribution >= 4 is 15.9 Å². The Bertz CT molecular complexity index is 390. The zero-order valence-electron chi connectivity index (χ0n) is 6.84. The van der Waals surface area contributed by atoms with Gasteiger partial charge in [-0.05, 0) is 28.1 Å². The van der Waals surface area contributed by atoms with Crippen molar-refractivity contribution in [3.05, 3.63) is 28.8 Å². The quantitative estimate of drug-likeness (QED) is 0.747. The van der Waals surface area contributed by atoms with Crippen LogP contribution in [-0.4, -0.2) is 15.0 Å². The second kappa shape index (κ2) is 3.35. The number of hydrogen-bond donors (Lipinski definition) is 3. The van der Waals surface area contributed by atoms with Gasteiger partial charge in [-0.15, -0.1) is 0 Å². The first kappa shape index (κ1) is 8.52. The third kappa shape index (κ3) is 1.52. The highest BCUT2D eigenvalue weighted by molar-refractivity contribution is 9.10. The van der Waals surface area contributed by atoms with E-state index in [2.05, 4.69) is 30.9 Å². The monoisotopic (exact) mass is 240 g/mol. The van der Waals surface area contributed by atoms with Crippen LogP contribution in [0.1, 0.15) is 5.82 Å². The average Bonchev–Trinajstić information content (AvgIpc) is 2.72. The van der Waals surface area contributed by atoms with Crippen molar-refractivity contribution in [2.24, 2.45) is 5.73 Å². The Labute approximate surface area is 83.7 Å². The third-order valence-electron chi connectivity index (χ3n) is 1.76. The number of imidazole rings is 1. The maximum absolute atomic E-state index is 5.46. The summed E-state index contributed by atoms with van der Waals surface area (Å²) in [5.74, 6) is 0.775. The molecule has 0 saturated carbocycles. The van der Waals surface area contributed by atoms with Gasteiger partial charge in [-0.1, -0.05) is 0 Å². The molecular weight excluding hydrogens is 232 g/mol. The van der Waals surface area contributed by atoms with Crippen LogP contribution >= 0.6 is 15.9 Å². The molecule has 2 aromatic rings. The summed E-state index contributed by atoms with van der Waals surface area (Å²) in [6, 6.07) is 3.89. The van der Waals surface area contributed by atoms with E-state index in [0.717, 1.165) is 21.8 Å². The largest absolute Gasteiger partial charge is 0.360 e. The van der Waals surface area contributed by atoms with Gasteiger partial charge in [0.1, 0.15) is 16.1 Å². The smallest absolute Gasteiger partial charge is 0.121 e. The molecule has 0 unspecified atom stereocenters. The number of nitrogens with two attached hydrogens (primary N) is 1. The fourth-order valence-electron chi connectivity index (χ4n) is 1.15. The number of halogens is 1. The first-order valence-electron chi connectivity index (χ1n) is 3.89. The van der Waals surface area contributed by atoms with Crippen LogP contribution in [0.3, 0.4) is 0 Å². The topological polar surface area (TPSA) is 70.5 Å². The molecule has 13 heavy (non-hydrogen) atoms. The van der Waals surface area contributed by atoms with Crippen LogP contribution in [0.15, 0.2) is 22.9 Å². The molecule has 2 heterocycles. The predicted molar refractivity (Wildman–Crippen MR) is 54.0 cm³/mol. The van der Waals surface area contributed by atoms with Crippen LogP contribution in [-0.2, 0) is 6.54 Å². The second-order valence-electron chi connectivity index (χ2n) is 2.63. The molecule has 68 valence electrons. The summed E-state index contributed by atoms with van der Waals surface area (Å²) in [5.41, 5.74) is 7.30. The number of nitrogens with one attached hydrogen (secondary N) is 2. The van der Waals surface area contributed by atoms with Crippen molar-refractivity contribution < 1.29 is 0 Å². The number of aromatic nitrogens is 3. The van der Waals surface area contributed by atoms with Gasteiger partial charge in [0, 0.05) is 6.20 Å². The van der Waals surface area contributed by atoms with E-state index in [9.17, 15) is 0 Å². The number of H-pyrrole nitrogens is 2. The van der Waals surface area contributed by atoms with Crippen LogP contribution < -0.4 is 5.73 Å². The highest BCUT2D eigenvalue weighted by Crippen LogP contribution is 2.23. The van der Waals surface area contributed by atoms with Gasteiger partial charge in [-0.2, -0.15) is 0 Å². The molecule has 0 atom stereocenters. The molecule has 2 aromatic heterocycles. The number of nitrogens with zero attached hydrogens (tertiary/aromatic N) is 1. The van der Waals surface area contributed by atoms with Gasteiger partial charge in [0.05, 0.1) is 12.2 Å². The molecule has 0 saturated heterocycles. The fourth-order valence-corrected chi connectivity index (χ4v) is 1.68. The van der Waals surface area contributed by atoms with E-state index in [4.69, 9.17) is 5.73 Å². The van der Waals surface area contributed by atoms with E-state index in [1.54, 1.807) is 0 Å². The number of hydrogen-bond acceptors (Lipinski definition) is 2. The van der Waals surface area contributed by atoms with Gasteiger partial charge < -0.3 is 15.7 Å². The Hall–Kier alpha value is -1.07. The average molecular weight is 241 g/mol. The SMILES string of the molecule is NCc1nc(-c2ccc[nH]2)c(Br)[nH]1. The predicted octanol–water partition coefficient (Wildman–Crippen LogP) is 1.63. The first-order chi connectivity index (χ1) is 6.31. The molecule has 0 amide bonds. The molecule has 5 heteroatoms. The Kier molecular flexibility index (Phi) is 2.20. The van der Waals surface area contributed by atoms with Crippen LogP contribution in [0.4, 0.5) is 0 Å².